The molecular weight excluding hydrogens is 214 g/mol. The van der Waals surface area contributed by atoms with Crippen LogP contribution in [0.1, 0.15) is 13.8 Å². The van der Waals surface area contributed by atoms with E-state index in [1.54, 1.807) is 0 Å². The SMILES string of the molecule is CC1=CN(CC(C)OCOCOCO)CO1. The number of aliphatic hydroxyl groups excluding tert-OH is 1. The average molecular weight is 233 g/mol. The Morgan fingerprint density at radius 3 is 2.94 bits per heavy atom. The first kappa shape index (κ1) is 13.2. The minimum absolute atomic E-state index is 0.0368. The van der Waals surface area contributed by atoms with Gasteiger partial charge in [0.2, 0.25) is 0 Å². The van der Waals surface area contributed by atoms with Crippen LogP contribution in [-0.2, 0) is 18.9 Å². The van der Waals surface area contributed by atoms with E-state index in [4.69, 9.17) is 19.3 Å². The number of hydrogen-bond acceptors (Lipinski definition) is 6. The first-order chi connectivity index (χ1) is 7.72. The van der Waals surface area contributed by atoms with Crippen LogP contribution in [0.2, 0.25) is 0 Å². The summed E-state index contributed by atoms with van der Waals surface area (Å²) in [6.07, 6.45) is 2.00. The molecule has 0 radical (unpaired) electrons. The predicted molar refractivity (Wildman–Crippen MR) is 56.0 cm³/mol. The Kier molecular flexibility index (Phi) is 6.17. The Morgan fingerprint density at radius 1 is 1.50 bits per heavy atom. The van der Waals surface area contributed by atoms with Crippen LogP contribution in [0.3, 0.4) is 0 Å². The van der Waals surface area contributed by atoms with Gasteiger partial charge in [-0.25, -0.2) is 0 Å². The predicted octanol–water partition coefficient (Wildman–Crippen LogP) is 0.440. The van der Waals surface area contributed by atoms with Crippen LogP contribution >= 0.6 is 0 Å². The molecule has 0 saturated carbocycles. The van der Waals surface area contributed by atoms with Crippen LogP contribution < -0.4 is 0 Å². The van der Waals surface area contributed by atoms with E-state index in [0.717, 1.165) is 12.3 Å². The molecule has 0 spiro atoms. The molecular formula is C10H19NO5. The summed E-state index contributed by atoms with van der Waals surface area (Å²) in [5.74, 6) is 0.916. The molecule has 6 nitrogen and oxygen atoms in total. The zero-order valence-corrected chi connectivity index (χ0v) is 9.72. The van der Waals surface area contributed by atoms with Crippen molar-refractivity contribution < 1.29 is 24.1 Å². The van der Waals surface area contributed by atoms with Crippen LogP contribution in [0.5, 0.6) is 0 Å². The third-order valence-electron chi connectivity index (χ3n) is 2.01. The van der Waals surface area contributed by atoms with Crippen molar-refractivity contribution >= 4 is 0 Å². The van der Waals surface area contributed by atoms with Gasteiger partial charge in [-0.3, -0.25) is 0 Å². The van der Waals surface area contributed by atoms with Crippen molar-refractivity contribution in [1.82, 2.24) is 4.90 Å². The zero-order valence-electron chi connectivity index (χ0n) is 9.72. The van der Waals surface area contributed by atoms with Gasteiger partial charge < -0.3 is 29.0 Å². The lowest BCUT2D eigenvalue weighted by Gasteiger charge is -2.19. The molecule has 0 bridgehead atoms. The van der Waals surface area contributed by atoms with E-state index in [1.807, 2.05) is 24.9 Å². The van der Waals surface area contributed by atoms with Gasteiger partial charge in [-0.1, -0.05) is 0 Å². The third kappa shape index (κ3) is 5.32. The molecule has 6 heteroatoms. The van der Waals surface area contributed by atoms with Crippen molar-refractivity contribution in [3.63, 3.8) is 0 Å². The minimum atomic E-state index is -0.343. The lowest BCUT2D eigenvalue weighted by atomic mass is 10.4. The van der Waals surface area contributed by atoms with E-state index in [2.05, 4.69) is 4.74 Å². The molecule has 1 rings (SSSR count). The van der Waals surface area contributed by atoms with Gasteiger partial charge in [0.25, 0.3) is 0 Å². The Labute approximate surface area is 95.3 Å². The van der Waals surface area contributed by atoms with E-state index < -0.39 is 0 Å². The molecule has 16 heavy (non-hydrogen) atoms. The summed E-state index contributed by atoms with van der Waals surface area (Å²) in [7, 11) is 0. The maximum absolute atomic E-state index is 8.32. The van der Waals surface area contributed by atoms with E-state index >= 15 is 0 Å². The summed E-state index contributed by atoms with van der Waals surface area (Å²) in [6, 6.07) is 0. The van der Waals surface area contributed by atoms with Gasteiger partial charge in [0.15, 0.2) is 13.5 Å². The van der Waals surface area contributed by atoms with Crippen LogP contribution in [0.4, 0.5) is 0 Å². The molecule has 0 aromatic rings. The fourth-order valence-electron chi connectivity index (χ4n) is 1.30. The maximum atomic E-state index is 8.32. The van der Waals surface area contributed by atoms with E-state index in [-0.39, 0.29) is 26.5 Å². The molecule has 1 atom stereocenters. The monoisotopic (exact) mass is 233 g/mol. The van der Waals surface area contributed by atoms with Gasteiger partial charge in [0.05, 0.1) is 6.10 Å². The molecule has 0 saturated heterocycles. The Balaban J connectivity index is 2.00. The number of allylic oxidation sites excluding steroid dienone is 1. The molecule has 1 unspecified atom stereocenters. The van der Waals surface area contributed by atoms with Crippen LogP contribution in [-0.4, -0.2) is 49.8 Å². The summed E-state index contributed by atoms with van der Waals surface area (Å²) in [6.45, 7) is 5.05. The summed E-state index contributed by atoms with van der Waals surface area (Å²) in [4.78, 5) is 2.03. The zero-order chi connectivity index (χ0) is 11.8. The maximum Gasteiger partial charge on any atom is 0.160 e. The van der Waals surface area contributed by atoms with E-state index in [9.17, 15) is 0 Å². The second-order valence-corrected chi connectivity index (χ2v) is 3.53. The van der Waals surface area contributed by atoms with Crippen molar-refractivity contribution in [3.8, 4) is 0 Å². The van der Waals surface area contributed by atoms with Crippen molar-refractivity contribution in [2.24, 2.45) is 0 Å². The summed E-state index contributed by atoms with van der Waals surface area (Å²) >= 11 is 0. The Bertz CT molecular complexity index is 221. The lowest BCUT2D eigenvalue weighted by Crippen LogP contribution is -2.28. The Morgan fingerprint density at radius 2 is 2.31 bits per heavy atom. The molecule has 1 N–H and O–H groups in total. The first-order valence-corrected chi connectivity index (χ1v) is 5.15. The topological polar surface area (TPSA) is 60.4 Å². The normalized spacial score (nSPS) is 17.2. The van der Waals surface area contributed by atoms with E-state index in [1.165, 1.54) is 0 Å². The fraction of sp³-hybridized carbons (Fsp3) is 0.800. The highest BCUT2D eigenvalue weighted by Gasteiger charge is 2.13. The van der Waals surface area contributed by atoms with Crippen molar-refractivity contribution in [2.75, 3.05) is 33.7 Å². The van der Waals surface area contributed by atoms with Crippen LogP contribution in [0.25, 0.3) is 0 Å². The summed E-state index contributed by atoms with van der Waals surface area (Å²) in [5.41, 5.74) is 0. The van der Waals surface area contributed by atoms with Crippen molar-refractivity contribution in [3.05, 3.63) is 12.0 Å². The molecule has 1 aliphatic heterocycles. The second-order valence-electron chi connectivity index (χ2n) is 3.53. The molecule has 94 valence electrons. The van der Waals surface area contributed by atoms with Gasteiger partial charge in [-0.2, -0.15) is 0 Å². The molecule has 0 aromatic heterocycles. The highest BCUT2D eigenvalue weighted by molar-refractivity contribution is 4.93. The number of hydrogen-bond donors (Lipinski definition) is 1. The van der Waals surface area contributed by atoms with Gasteiger partial charge in [0, 0.05) is 12.7 Å². The summed E-state index contributed by atoms with van der Waals surface area (Å²) < 4.78 is 20.2. The highest BCUT2D eigenvalue weighted by atomic mass is 16.8. The standard InChI is InChI=1S/C10H19NO5/c1-9-3-11(5-15-9)4-10(2)16-8-14-7-13-6-12/h3,10,12H,4-8H2,1-2H3. The molecule has 0 aliphatic carbocycles. The Hall–Kier alpha value is -0.820. The molecule has 0 fully saturated rings. The minimum Gasteiger partial charge on any atom is -0.476 e. The largest absolute Gasteiger partial charge is 0.476 e. The van der Waals surface area contributed by atoms with Crippen molar-refractivity contribution in [2.45, 2.75) is 20.0 Å². The quantitative estimate of drug-likeness (QED) is 0.485. The second kappa shape index (κ2) is 7.45. The van der Waals surface area contributed by atoms with Gasteiger partial charge >= 0.3 is 0 Å². The first-order valence-electron chi connectivity index (χ1n) is 5.15. The molecule has 1 aliphatic rings. The van der Waals surface area contributed by atoms with Crippen LogP contribution in [0.15, 0.2) is 12.0 Å². The highest BCUT2D eigenvalue weighted by Crippen LogP contribution is 2.10. The lowest BCUT2D eigenvalue weighted by molar-refractivity contribution is -0.170. The smallest absolute Gasteiger partial charge is 0.160 e. The van der Waals surface area contributed by atoms with Gasteiger partial charge in [-0.05, 0) is 13.8 Å². The molecule has 0 amide bonds. The number of nitrogens with zero attached hydrogens (tertiary/aromatic N) is 1. The van der Waals surface area contributed by atoms with E-state index in [0.29, 0.717) is 6.73 Å². The van der Waals surface area contributed by atoms with Crippen molar-refractivity contribution in [1.29, 1.82) is 0 Å². The number of rotatable bonds is 8. The van der Waals surface area contributed by atoms with Gasteiger partial charge in [-0.15, -0.1) is 0 Å². The fourth-order valence-corrected chi connectivity index (χ4v) is 1.30. The summed E-state index contributed by atoms with van der Waals surface area (Å²) in [5, 5.41) is 8.32. The molecule has 1 heterocycles. The number of aliphatic hydroxyl groups is 1. The average Bonchev–Trinajstić information content (AvgIpc) is 2.63. The third-order valence-corrected chi connectivity index (χ3v) is 2.01. The number of ether oxygens (including phenoxy) is 4. The molecule has 0 aromatic carbocycles. The van der Waals surface area contributed by atoms with Gasteiger partial charge in [0.1, 0.15) is 19.3 Å². The van der Waals surface area contributed by atoms with Crippen LogP contribution in [0, 0.1) is 0 Å².